The van der Waals surface area contributed by atoms with Crippen molar-refractivity contribution in [2.24, 2.45) is 11.7 Å². The molecule has 0 aliphatic carbocycles. The highest BCUT2D eigenvalue weighted by Gasteiger charge is 2.41. The van der Waals surface area contributed by atoms with Crippen molar-refractivity contribution in [3.63, 3.8) is 0 Å². The maximum Gasteiger partial charge on any atom is 0.223 e. The number of pyridine rings is 1. The molecule has 5 nitrogen and oxygen atoms in total. The smallest absolute Gasteiger partial charge is 0.223 e. The summed E-state index contributed by atoms with van der Waals surface area (Å²) in [6.45, 7) is 0. The van der Waals surface area contributed by atoms with Crippen molar-refractivity contribution in [2.45, 2.75) is 12.5 Å². The zero-order valence-corrected chi connectivity index (χ0v) is 8.96. The lowest BCUT2D eigenvalue weighted by Gasteiger charge is -2.23. The topological polar surface area (TPSA) is 76.3 Å². The standard InChI is InChI=1S/C11H13N3O2/c1-14-9(15)5-8(11(12)16)10(14)7-3-2-4-13-6-7/h2-4,6,8,10H,5H2,1H3,(H2,12,16)/t8-,10-/m1/s1. The summed E-state index contributed by atoms with van der Waals surface area (Å²) in [5.74, 6) is -0.953. The van der Waals surface area contributed by atoms with Crippen LogP contribution in [-0.2, 0) is 9.59 Å². The monoisotopic (exact) mass is 219 g/mol. The summed E-state index contributed by atoms with van der Waals surface area (Å²) in [6.07, 6.45) is 3.50. The normalized spacial score (nSPS) is 24.8. The minimum absolute atomic E-state index is 0.0577. The molecule has 16 heavy (non-hydrogen) atoms. The molecule has 0 spiro atoms. The Morgan fingerprint density at radius 1 is 1.62 bits per heavy atom. The molecule has 2 heterocycles. The van der Waals surface area contributed by atoms with Crippen LogP contribution in [0.5, 0.6) is 0 Å². The van der Waals surface area contributed by atoms with Gasteiger partial charge < -0.3 is 10.6 Å². The Kier molecular flexibility index (Phi) is 2.60. The summed E-state index contributed by atoms with van der Waals surface area (Å²) in [5, 5.41) is 0. The van der Waals surface area contributed by atoms with Crippen LogP contribution in [0, 0.1) is 5.92 Å². The van der Waals surface area contributed by atoms with Crippen molar-refractivity contribution >= 4 is 11.8 Å². The Morgan fingerprint density at radius 2 is 2.38 bits per heavy atom. The molecule has 1 aromatic rings. The van der Waals surface area contributed by atoms with Gasteiger partial charge in [0.2, 0.25) is 11.8 Å². The Balaban J connectivity index is 2.37. The van der Waals surface area contributed by atoms with E-state index in [1.165, 1.54) is 0 Å². The van der Waals surface area contributed by atoms with E-state index < -0.39 is 11.8 Å². The first-order valence-electron chi connectivity index (χ1n) is 5.06. The number of nitrogens with two attached hydrogens (primary N) is 1. The predicted molar refractivity (Wildman–Crippen MR) is 57.0 cm³/mol. The summed E-state index contributed by atoms with van der Waals surface area (Å²) in [6, 6.07) is 3.35. The van der Waals surface area contributed by atoms with Crippen LogP contribution in [0.1, 0.15) is 18.0 Å². The van der Waals surface area contributed by atoms with E-state index in [2.05, 4.69) is 4.98 Å². The van der Waals surface area contributed by atoms with Crippen molar-refractivity contribution in [2.75, 3.05) is 7.05 Å². The van der Waals surface area contributed by atoms with Crippen LogP contribution in [0.25, 0.3) is 0 Å². The molecular weight excluding hydrogens is 206 g/mol. The number of hydrogen-bond donors (Lipinski definition) is 1. The average Bonchev–Trinajstić information content (AvgIpc) is 2.57. The summed E-state index contributed by atoms with van der Waals surface area (Å²) in [7, 11) is 1.68. The van der Waals surface area contributed by atoms with Crippen LogP contribution in [0.2, 0.25) is 0 Å². The molecule has 2 atom stereocenters. The SMILES string of the molecule is CN1C(=O)C[C@@H](C(N)=O)[C@H]1c1cccnc1. The Labute approximate surface area is 93.3 Å². The van der Waals surface area contributed by atoms with Gasteiger partial charge in [-0.25, -0.2) is 0 Å². The second kappa shape index (κ2) is 3.92. The number of rotatable bonds is 2. The largest absolute Gasteiger partial charge is 0.369 e. The van der Waals surface area contributed by atoms with Crippen molar-refractivity contribution in [1.82, 2.24) is 9.88 Å². The Hall–Kier alpha value is -1.91. The van der Waals surface area contributed by atoms with Gasteiger partial charge in [0, 0.05) is 25.9 Å². The van der Waals surface area contributed by atoms with Gasteiger partial charge in [0.05, 0.1) is 12.0 Å². The van der Waals surface area contributed by atoms with Crippen molar-refractivity contribution in [3.8, 4) is 0 Å². The number of carbonyl (C=O) groups excluding carboxylic acids is 2. The first kappa shape index (κ1) is 10.6. The fourth-order valence-electron chi connectivity index (χ4n) is 2.13. The Bertz CT molecular complexity index is 418. The van der Waals surface area contributed by atoms with Gasteiger partial charge in [-0.1, -0.05) is 6.07 Å². The van der Waals surface area contributed by atoms with E-state index in [0.717, 1.165) is 5.56 Å². The summed E-state index contributed by atoms with van der Waals surface area (Å²) < 4.78 is 0. The highest BCUT2D eigenvalue weighted by molar-refractivity contribution is 5.89. The molecule has 2 N–H and O–H groups in total. The lowest BCUT2D eigenvalue weighted by molar-refractivity contribution is -0.128. The highest BCUT2D eigenvalue weighted by atomic mass is 16.2. The van der Waals surface area contributed by atoms with Crippen LogP contribution in [-0.4, -0.2) is 28.7 Å². The van der Waals surface area contributed by atoms with Gasteiger partial charge in [0.25, 0.3) is 0 Å². The van der Waals surface area contributed by atoms with Gasteiger partial charge >= 0.3 is 0 Å². The third-order valence-electron chi connectivity index (χ3n) is 2.98. The molecule has 0 aromatic carbocycles. The van der Waals surface area contributed by atoms with Gasteiger partial charge in [0.1, 0.15) is 0 Å². The van der Waals surface area contributed by atoms with Gasteiger partial charge in [-0.2, -0.15) is 0 Å². The maximum absolute atomic E-state index is 11.6. The van der Waals surface area contributed by atoms with Gasteiger partial charge in [0.15, 0.2) is 0 Å². The number of hydrogen-bond acceptors (Lipinski definition) is 3. The molecule has 84 valence electrons. The second-order valence-corrected chi connectivity index (χ2v) is 3.95. The quantitative estimate of drug-likeness (QED) is 0.765. The van der Waals surface area contributed by atoms with Gasteiger partial charge in [-0.05, 0) is 11.6 Å². The van der Waals surface area contributed by atoms with E-state index in [4.69, 9.17) is 5.73 Å². The lowest BCUT2D eigenvalue weighted by atomic mass is 9.94. The lowest BCUT2D eigenvalue weighted by Crippen LogP contribution is -2.30. The van der Waals surface area contributed by atoms with Crippen LogP contribution in [0.4, 0.5) is 0 Å². The van der Waals surface area contributed by atoms with E-state index in [-0.39, 0.29) is 18.4 Å². The molecule has 1 aromatic heterocycles. The molecule has 1 aliphatic heterocycles. The molecule has 1 fully saturated rings. The minimum Gasteiger partial charge on any atom is -0.369 e. The van der Waals surface area contributed by atoms with Crippen LogP contribution in [0.15, 0.2) is 24.5 Å². The fourth-order valence-corrected chi connectivity index (χ4v) is 2.13. The summed E-state index contributed by atoms with van der Waals surface area (Å²) in [5.41, 5.74) is 6.16. The molecule has 1 saturated heterocycles. The second-order valence-electron chi connectivity index (χ2n) is 3.95. The molecular formula is C11H13N3O2. The number of likely N-dealkylation sites (tertiary alicyclic amines) is 1. The number of amides is 2. The van der Waals surface area contributed by atoms with Crippen molar-refractivity contribution in [1.29, 1.82) is 0 Å². The minimum atomic E-state index is -0.457. The highest BCUT2D eigenvalue weighted by Crippen LogP contribution is 2.36. The molecule has 0 unspecified atom stereocenters. The van der Waals surface area contributed by atoms with Crippen molar-refractivity contribution in [3.05, 3.63) is 30.1 Å². The first-order valence-corrected chi connectivity index (χ1v) is 5.06. The van der Waals surface area contributed by atoms with E-state index in [1.54, 1.807) is 30.4 Å². The van der Waals surface area contributed by atoms with Gasteiger partial charge in [-0.15, -0.1) is 0 Å². The average molecular weight is 219 g/mol. The third-order valence-corrected chi connectivity index (χ3v) is 2.98. The molecule has 1 aliphatic rings. The first-order chi connectivity index (χ1) is 7.61. The van der Waals surface area contributed by atoms with Crippen LogP contribution < -0.4 is 5.73 Å². The van der Waals surface area contributed by atoms with E-state index >= 15 is 0 Å². The number of carbonyl (C=O) groups is 2. The molecule has 5 heteroatoms. The number of primary amides is 1. The molecule has 2 amide bonds. The maximum atomic E-state index is 11.6. The van der Waals surface area contributed by atoms with Crippen molar-refractivity contribution < 1.29 is 9.59 Å². The van der Waals surface area contributed by atoms with E-state index in [1.807, 2.05) is 6.07 Å². The zero-order valence-electron chi connectivity index (χ0n) is 8.96. The zero-order chi connectivity index (χ0) is 11.7. The number of aromatic nitrogens is 1. The van der Waals surface area contributed by atoms with Gasteiger partial charge in [-0.3, -0.25) is 14.6 Å². The third kappa shape index (κ3) is 1.64. The molecule has 0 saturated carbocycles. The van der Waals surface area contributed by atoms with Crippen LogP contribution >= 0.6 is 0 Å². The number of nitrogens with zero attached hydrogens (tertiary/aromatic N) is 2. The van der Waals surface area contributed by atoms with E-state index in [0.29, 0.717) is 0 Å². The van der Waals surface area contributed by atoms with Crippen LogP contribution in [0.3, 0.4) is 0 Å². The molecule has 0 bridgehead atoms. The van der Waals surface area contributed by atoms with E-state index in [9.17, 15) is 9.59 Å². The predicted octanol–water partition coefficient (Wildman–Crippen LogP) is 0.0863. The Morgan fingerprint density at radius 3 is 2.94 bits per heavy atom. The molecule has 2 rings (SSSR count). The summed E-state index contributed by atoms with van der Waals surface area (Å²) in [4.78, 5) is 28.4. The molecule has 0 radical (unpaired) electrons. The fraction of sp³-hybridized carbons (Fsp3) is 0.364. The summed E-state index contributed by atoms with van der Waals surface area (Å²) >= 11 is 0.